The lowest BCUT2D eigenvalue weighted by atomic mass is 10.1. The van der Waals surface area contributed by atoms with Crippen LogP contribution in [0.25, 0.3) is 0 Å². The maximum atomic E-state index is 13.1. The maximum Gasteiger partial charge on any atom is 0.254 e. The van der Waals surface area contributed by atoms with Crippen LogP contribution >= 0.6 is 0 Å². The molecule has 0 unspecified atom stereocenters. The van der Waals surface area contributed by atoms with Gasteiger partial charge in [0.1, 0.15) is 5.82 Å². The first-order valence-corrected chi connectivity index (χ1v) is 8.51. The summed E-state index contributed by atoms with van der Waals surface area (Å²) in [5.74, 6) is 2.39. The van der Waals surface area contributed by atoms with Crippen LogP contribution in [0.1, 0.15) is 23.1 Å². The Labute approximate surface area is 146 Å². The van der Waals surface area contributed by atoms with Crippen molar-refractivity contribution < 1.29 is 19.0 Å². The van der Waals surface area contributed by atoms with E-state index >= 15 is 0 Å². The van der Waals surface area contributed by atoms with Crippen molar-refractivity contribution in [3.8, 4) is 11.5 Å². The minimum absolute atomic E-state index is 0.0313. The molecule has 1 aromatic heterocycles. The van der Waals surface area contributed by atoms with E-state index in [0.29, 0.717) is 43.4 Å². The van der Waals surface area contributed by atoms with Crippen molar-refractivity contribution in [3.05, 3.63) is 42.0 Å². The summed E-state index contributed by atoms with van der Waals surface area (Å²) in [5, 5.41) is 0. The van der Waals surface area contributed by atoms with Crippen molar-refractivity contribution in [1.29, 1.82) is 0 Å². The number of ether oxygens (including phenoxy) is 3. The van der Waals surface area contributed by atoms with Crippen LogP contribution in [0.2, 0.25) is 0 Å². The number of fused-ring (bicyclic) bond motifs is 2. The van der Waals surface area contributed by atoms with Crippen molar-refractivity contribution in [1.82, 2.24) is 14.5 Å². The van der Waals surface area contributed by atoms with Gasteiger partial charge in [0.15, 0.2) is 11.5 Å². The fraction of sp³-hybridized carbons (Fsp3) is 0.444. The number of aromatic nitrogens is 2. The third-order valence-corrected chi connectivity index (χ3v) is 4.53. The number of nitrogens with zero attached hydrogens (tertiary/aromatic N) is 3. The summed E-state index contributed by atoms with van der Waals surface area (Å²) in [5.41, 5.74) is 0.597. The first-order valence-electron chi connectivity index (χ1n) is 8.51. The van der Waals surface area contributed by atoms with Crippen molar-refractivity contribution in [2.24, 2.45) is 5.92 Å². The van der Waals surface area contributed by atoms with Gasteiger partial charge < -0.3 is 23.7 Å². The Balaban J connectivity index is 1.58. The van der Waals surface area contributed by atoms with Crippen LogP contribution in [-0.2, 0) is 17.8 Å². The summed E-state index contributed by atoms with van der Waals surface area (Å²) in [4.78, 5) is 19.3. The Kier molecular flexibility index (Phi) is 4.31. The summed E-state index contributed by atoms with van der Waals surface area (Å²) in [6.45, 7) is 5.40. The average Bonchev–Trinajstić information content (AvgIpc) is 3.23. The van der Waals surface area contributed by atoms with Gasteiger partial charge >= 0.3 is 0 Å². The SMILES string of the molecule is CCOC[C@H]1CN(C(=O)c2ccc3c(c2)OCO3)Cc2nccn2C1. The van der Waals surface area contributed by atoms with Crippen LogP contribution in [0, 0.1) is 5.92 Å². The van der Waals surface area contributed by atoms with Gasteiger partial charge in [0.25, 0.3) is 5.91 Å². The summed E-state index contributed by atoms with van der Waals surface area (Å²) in [6, 6.07) is 5.32. The topological polar surface area (TPSA) is 65.8 Å². The molecule has 7 heteroatoms. The standard InChI is InChI=1S/C18H21N3O4/c1-2-23-11-13-8-20-6-5-19-17(20)10-21(9-13)18(22)14-3-4-15-16(7-14)25-12-24-15/h3-7,13H,2,8-12H2,1H3/t13-/m1/s1. The van der Waals surface area contributed by atoms with E-state index in [9.17, 15) is 4.79 Å². The number of benzene rings is 1. The van der Waals surface area contributed by atoms with E-state index in [1.807, 2.05) is 18.0 Å². The molecule has 2 aromatic rings. The summed E-state index contributed by atoms with van der Waals surface area (Å²) in [7, 11) is 0. The minimum Gasteiger partial charge on any atom is -0.454 e. The molecule has 132 valence electrons. The van der Waals surface area contributed by atoms with E-state index in [-0.39, 0.29) is 18.6 Å². The number of carbonyl (C=O) groups excluding carboxylic acids is 1. The van der Waals surface area contributed by atoms with E-state index in [2.05, 4.69) is 9.55 Å². The van der Waals surface area contributed by atoms with Crippen molar-refractivity contribution in [2.75, 3.05) is 26.6 Å². The zero-order valence-corrected chi connectivity index (χ0v) is 14.2. The summed E-state index contributed by atoms with van der Waals surface area (Å²) in [6.07, 6.45) is 3.74. The Morgan fingerprint density at radius 1 is 1.32 bits per heavy atom. The number of carbonyl (C=O) groups is 1. The maximum absolute atomic E-state index is 13.1. The molecular weight excluding hydrogens is 322 g/mol. The second-order valence-electron chi connectivity index (χ2n) is 6.28. The number of rotatable bonds is 4. The molecule has 2 aliphatic heterocycles. The first kappa shape index (κ1) is 16.0. The van der Waals surface area contributed by atoms with Crippen molar-refractivity contribution >= 4 is 5.91 Å². The summed E-state index contributed by atoms with van der Waals surface area (Å²) < 4.78 is 18.4. The fourth-order valence-electron chi connectivity index (χ4n) is 3.30. The van der Waals surface area contributed by atoms with Crippen molar-refractivity contribution in [3.63, 3.8) is 0 Å². The Hall–Kier alpha value is -2.54. The molecule has 0 spiro atoms. The van der Waals surface area contributed by atoms with Gasteiger partial charge in [-0.15, -0.1) is 0 Å². The molecule has 1 amide bonds. The van der Waals surface area contributed by atoms with E-state index < -0.39 is 0 Å². The highest BCUT2D eigenvalue weighted by Gasteiger charge is 2.27. The van der Waals surface area contributed by atoms with Gasteiger partial charge in [-0.05, 0) is 25.1 Å². The molecule has 4 rings (SSSR count). The molecule has 0 radical (unpaired) electrons. The number of imidazole rings is 1. The lowest BCUT2D eigenvalue weighted by Crippen LogP contribution is -2.35. The van der Waals surface area contributed by atoms with Gasteiger partial charge in [-0.1, -0.05) is 0 Å². The zero-order chi connectivity index (χ0) is 17.2. The van der Waals surface area contributed by atoms with Gasteiger partial charge in [-0.2, -0.15) is 0 Å². The van der Waals surface area contributed by atoms with Gasteiger partial charge in [0.2, 0.25) is 6.79 Å². The van der Waals surface area contributed by atoms with Crippen LogP contribution < -0.4 is 9.47 Å². The molecule has 0 aliphatic carbocycles. The molecule has 0 N–H and O–H groups in total. The van der Waals surface area contributed by atoms with Crippen LogP contribution in [0.15, 0.2) is 30.6 Å². The third kappa shape index (κ3) is 3.19. The molecule has 7 nitrogen and oxygen atoms in total. The van der Waals surface area contributed by atoms with E-state index in [4.69, 9.17) is 14.2 Å². The second kappa shape index (κ2) is 6.76. The Morgan fingerprint density at radius 3 is 3.08 bits per heavy atom. The third-order valence-electron chi connectivity index (χ3n) is 4.53. The molecule has 0 saturated heterocycles. The van der Waals surface area contributed by atoms with E-state index in [1.165, 1.54) is 0 Å². The van der Waals surface area contributed by atoms with Crippen LogP contribution in [0.5, 0.6) is 11.5 Å². The van der Waals surface area contributed by atoms with Crippen LogP contribution in [0.4, 0.5) is 0 Å². The average molecular weight is 343 g/mol. The minimum atomic E-state index is -0.0313. The molecule has 1 aromatic carbocycles. The number of hydrogen-bond donors (Lipinski definition) is 0. The predicted molar refractivity (Wildman–Crippen MR) is 89.5 cm³/mol. The van der Waals surface area contributed by atoms with Gasteiger partial charge in [-0.3, -0.25) is 4.79 Å². The molecule has 1 atom stereocenters. The lowest BCUT2D eigenvalue weighted by Gasteiger charge is -2.24. The Morgan fingerprint density at radius 2 is 2.20 bits per heavy atom. The highest BCUT2D eigenvalue weighted by atomic mass is 16.7. The predicted octanol–water partition coefficient (Wildman–Crippen LogP) is 1.92. The van der Waals surface area contributed by atoms with Gasteiger partial charge in [0.05, 0.1) is 13.2 Å². The second-order valence-corrected chi connectivity index (χ2v) is 6.28. The fourth-order valence-corrected chi connectivity index (χ4v) is 3.30. The molecule has 2 aliphatic rings. The molecule has 3 heterocycles. The molecule has 25 heavy (non-hydrogen) atoms. The Bertz CT molecular complexity index is 773. The van der Waals surface area contributed by atoms with E-state index in [0.717, 1.165) is 12.4 Å². The number of hydrogen-bond acceptors (Lipinski definition) is 5. The monoisotopic (exact) mass is 343 g/mol. The molecule has 0 saturated carbocycles. The van der Waals surface area contributed by atoms with Crippen LogP contribution in [0.3, 0.4) is 0 Å². The summed E-state index contributed by atoms with van der Waals surface area (Å²) >= 11 is 0. The molecular formula is C18H21N3O4. The largest absolute Gasteiger partial charge is 0.454 e. The van der Waals surface area contributed by atoms with Crippen LogP contribution in [-0.4, -0.2) is 46.9 Å². The highest BCUT2D eigenvalue weighted by Crippen LogP contribution is 2.33. The van der Waals surface area contributed by atoms with E-state index in [1.54, 1.807) is 24.4 Å². The molecule has 0 bridgehead atoms. The number of amides is 1. The lowest BCUT2D eigenvalue weighted by molar-refractivity contribution is 0.0618. The molecule has 0 fully saturated rings. The highest BCUT2D eigenvalue weighted by molar-refractivity contribution is 5.95. The normalized spacial score (nSPS) is 18.8. The smallest absolute Gasteiger partial charge is 0.254 e. The van der Waals surface area contributed by atoms with Gasteiger partial charge in [0, 0.05) is 43.6 Å². The first-order chi connectivity index (χ1) is 12.2. The van der Waals surface area contributed by atoms with Gasteiger partial charge in [-0.25, -0.2) is 4.98 Å². The van der Waals surface area contributed by atoms with Crippen molar-refractivity contribution in [2.45, 2.75) is 20.0 Å². The quantitative estimate of drug-likeness (QED) is 0.849. The zero-order valence-electron chi connectivity index (χ0n) is 14.2.